The fourth-order valence-corrected chi connectivity index (χ4v) is 7.02. The third-order valence-corrected chi connectivity index (χ3v) is 10.6. The molecular weight excluding hydrogens is 631 g/mol. The first-order chi connectivity index (χ1) is 25.1. The van der Waals surface area contributed by atoms with E-state index in [0.29, 0.717) is 12.8 Å². The molecule has 3 atom stereocenters. The van der Waals surface area contributed by atoms with Gasteiger partial charge in [-0.3, -0.25) is 4.79 Å². The molecule has 0 spiro atoms. The summed E-state index contributed by atoms with van der Waals surface area (Å²) >= 11 is 0. The minimum atomic E-state index is -1.14. The van der Waals surface area contributed by atoms with E-state index in [0.717, 1.165) is 44.9 Å². The molecule has 0 saturated carbocycles. The van der Waals surface area contributed by atoms with Gasteiger partial charge in [-0.25, -0.2) is 0 Å². The topological polar surface area (TPSA) is 89.8 Å². The second-order valence-corrected chi connectivity index (χ2v) is 15.6. The molecule has 0 aliphatic rings. The quantitative estimate of drug-likeness (QED) is 0.0374. The summed E-state index contributed by atoms with van der Waals surface area (Å²) in [5.41, 5.74) is 0. The summed E-state index contributed by atoms with van der Waals surface area (Å²) < 4.78 is 0. The highest BCUT2D eigenvalue weighted by Crippen LogP contribution is 2.16. The second kappa shape index (κ2) is 41.6. The highest BCUT2D eigenvalue weighted by Gasteiger charge is 2.26. The Balaban J connectivity index is 3.59. The molecule has 0 aliphatic carbocycles. The van der Waals surface area contributed by atoms with Crippen LogP contribution in [0.3, 0.4) is 0 Å². The molecule has 1 amide bonds. The van der Waals surface area contributed by atoms with Gasteiger partial charge < -0.3 is 20.6 Å². The molecule has 0 aromatic carbocycles. The fraction of sp³-hybridized carbons (Fsp3) is 0.891. The second-order valence-electron chi connectivity index (χ2n) is 15.6. The molecule has 0 heterocycles. The number of rotatable bonds is 41. The Hall–Kier alpha value is -1.17. The van der Waals surface area contributed by atoms with Crippen molar-refractivity contribution < 1.29 is 20.1 Å². The predicted octanol–water partition coefficient (Wildman–Crippen LogP) is 13.0. The van der Waals surface area contributed by atoms with E-state index >= 15 is 0 Å². The molecule has 3 unspecified atom stereocenters. The van der Waals surface area contributed by atoms with Crippen LogP contribution in [-0.2, 0) is 4.79 Å². The van der Waals surface area contributed by atoms with E-state index < -0.39 is 18.2 Å². The number of amides is 1. The summed E-state index contributed by atoms with van der Waals surface area (Å²) in [6.07, 6.45) is 50.0. The van der Waals surface area contributed by atoms with Gasteiger partial charge in [-0.2, -0.15) is 0 Å². The van der Waals surface area contributed by atoms with E-state index in [1.54, 1.807) is 0 Å². The Kier molecular flexibility index (Phi) is 40.6. The molecule has 0 aliphatic heterocycles. The maximum Gasteiger partial charge on any atom is 0.220 e. The van der Waals surface area contributed by atoms with Crippen molar-refractivity contribution in [2.24, 2.45) is 0 Å². The summed E-state index contributed by atoms with van der Waals surface area (Å²) in [4.78, 5) is 12.4. The normalized spacial score (nSPS) is 13.7. The molecule has 0 aromatic rings. The Labute approximate surface area is 318 Å². The van der Waals surface area contributed by atoms with Gasteiger partial charge in [-0.1, -0.05) is 212 Å². The lowest BCUT2D eigenvalue weighted by atomic mass is 9.99. The number of carbonyl (C=O) groups excluding carboxylic acids is 1. The van der Waals surface area contributed by atoms with Crippen LogP contribution < -0.4 is 5.32 Å². The molecule has 4 N–H and O–H groups in total. The Morgan fingerprint density at radius 3 is 1.24 bits per heavy atom. The van der Waals surface area contributed by atoms with Crippen molar-refractivity contribution in [1.29, 1.82) is 0 Å². The fourth-order valence-electron chi connectivity index (χ4n) is 7.02. The van der Waals surface area contributed by atoms with Gasteiger partial charge in [0.05, 0.1) is 18.8 Å². The van der Waals surface area contributed by atoms with E-state index in [1.807, 2.05) is 0 Å². The van der Waals surface area contributed by atoms with Crippen LogP contribution in [0.1, 0.15) is 239 Å². The van der Waals surface area contributed by atoms with Crippen molar-refractivity contribution in [1.82, 2.24) is 5.32 Å². The van der Waals surface area contributed by atoms with Crippen LogP contribution in [0.25, 0.3) is 0 Å². The molecule has 0 fully saturated rings. The van der Waals surface area contributed by atoms with Crippen molar-refractivity contribution in [2.45, 2.75) is 257 Å². The van der Waals surface area contributed by atoms with Crippen LogP contribution in [0, 0.1) is 0 Å². The third kappa shape index (κ3) is 37.0. The van der Waals surface area contributed by atoms with Crippen LogP contribution in [0.2, 0.25) is 0 Å². The number of aliphatic hydroxyl groups is 3. The molecule has 51 heavy (non-hydrogen) atoms. The molecule has 0 rings (SSSR count). The number of nitrogens with one attached hydrogen (secondary N) is 1. The van der Waals surface area contributed by atoms with E-state index in [9.17, 15) is 20.1 Å². The molecule has 0 aromatic heterocycles. The lowest BCUT2D eigenvalue weighted by Gasteiger charge is -2.26. The Morgan fingerprint density at radius 2 is 0.843 bits per heavy atom. The molecule has 0 saturated heterocycles. The van der Waals surface area contributed by atoms with Gasteiger partial charge in [-0.15, -0.1) is 0 Å². The maximum absolute atomic E-state index is 12.4. The van der Waals surface area contributed by atoms with Crippen molar-refractivity contribution >= 4 is 5.91 Å². The van der Waals surface area contributed by atoms with Crippen molar-refractivity contribution in [3.63, 3.8) is 0 Å². The predicted molar refractivity (Wildman–Crippen MR) is 222 cm³/mol. The summed E-state index contributed by atoms with van der Waals surface area (Å²) in [6, 6.07) is -0.809. The van der Waals surface area contributed by atoms with Gasteiger partial charge in [0.2, 0.25) is 5.91 Å². The number of hydrogen-bond acceptors (Lipinski definition) is 4. The number of allylic oxidation sites excluding steroid dienone is 4. The molecule has 5 heteroatoms. The molecular formula is C46H89NO4. The van der Waals surface area contributed by atoms with Crippen LogP contribution in [0.4, 0.5) is 0 Å². The third-order valence-electron chi connectivity index (χ3n) is 10.6. The summed E-state index contributed by atoms with van der Waals surface area (Å²) in [5.74, 6) is -0.148. The van der Waals surface area contributed by atoms with Gasteiger partial charge in [0.1, 0.15) is 6.10 Å². The smallest absolute Gasteiger partial charge is 0.220 e. The molecule has 302 valence electrons. The number of hydrogen-bond donors (Lipinski definition) is 4. The van der Waals surface area contributed by atoms with Crippen LogP contribution in [-0.4, -0.2) is 46.1 Å². The van der Waals surface area contributed by atoms with Gasteiger partial charge in [0.25, 0.3) is 0 Å². The van der Waals surface area contributed by atoms with Gasteiger partial charge in [-0.05, 0) is 44.9 Å². The minimum absolute atomic E-state index is 0.148. The van der Waals surface area contributed by atoms with Gasteiger partial charge in [0, 0.05) is 6.42 Å². The average molecular weight is 720 g/mol. The lowest BCUT2D eigenvalue weighted by Crippen LogP contribution is -2.50. The molecule has 0 radical (unpaired) electrons. The first-order valence-electron chi connectivity index (χ1n) is 22.6. The number of carbonyl (C=O) groups is 1. The van der Waals surface area contributed by atoms with E-state index in [2.05, 4.69) is 43.5 Å². The average Bonchev–Trinajstić information content (AvgIpc) is 3.13. The zero-order valence-corrected chi connectivity index (χ0v) is 34.2. The minimum Gasteiger partial charge on any atom is -0.394 e. The van der Waals surface area contributed by atoms with Crippen LogP contribution >= 0.6 is 0 Å². The van der Waals surface area contributed by atoms with Crippen molar-refractivity contribution in [3.05, 3.63) is 24.3 Å². The molecule has 0 bridgehead atoms. The van der Waals surface area contributed by atoms with Crippen LogP contribution in [0.5, 0.6) is 0 Å². The first kappa shape index (κ1) is 49.8. The van der Waals surface area contributed by atoms with Crippen molar-refractivity contribution in [2.75, 3.05) is 6.61 Å². The number of unbranched alkanes of at least 4 members (excludes halogenated alkanes) is 29. The summed E-state index contributed by atoms with van der Waals surface area (Å²) in [5, 5.41) is 33.5. The van der Waals surface area contributed by atoms with E-state index in [4.69, 9.17) is 0 Å². The number of aliphatic hydroxyl groups excluding tert-OH is 3. The molecule has 5 nitrogen and oxygen atoms in total. The zero-order chi connectivity index (χ0) is 37.3. The largest absolute Gasteiger partial charge is 0.394 e. The van der Waals surface area contributed by atoms with Gasteiger partial charge >= 0.3 is 0 Å². The summed E-state index contributed by atoms with van der Waals surface area (Å²) in [7, 11) is 0. The van der Waals surface area contributed by atoms with Gasteiger partial charge in [0.15, 0.2) is 0 Å². The van der Waals surface area contributed by atoms with Crippen LogP contribution in [0.15, 0.2) is 24.3 Å². The van der Waals surface area contributed by atoms with E-state index in [1.165, 1.54) is 167 Å². The highest BCUT2D eigenvalue weighted by atomic mass is 16.3. The Morgan fingerprint density at radius 1 is 0.490 bits per heavy atom. The van der Waals surface area contributed by atoms with E-state index in [-0.39, 0.29) is 12.5 Å². The maximum atomic E-state index is 12.4. The zero-order valence-electron chi connectivity index (χ0n) is 34.2. The lowest BCUT2D eigenvalue weighted by molar-refractivity contribution is -0.124. The Bertz CT molecular complexity index is 754. The van der Waals surface area contributed by atoms with Crippen molar-refractivity contribution in [3.8, 4) is 0 Å². The monoisotopic (exact) mass is 720 g/mol. The SMILES string of the molecule is CCCCCCCCCCC/C=C\C/C=C\CCCCCCCCCCCC(=O)NC(CO)C(O)C(O)CCCCCCCCCCCCCC. The standard InChI is InChI=1S/C46H89NO4/c1-3-5-7-9-11-13-15-17-18-19-20-21-22-23-24-25-26-27-28-29-31-33-35-37-39-41-45(50)47-43(42-48)46(51)44(49)40-38-36-34-32-30-16-14-12-10-8-6-4-2/h20-21,23-24,43-44,46,48-49,51H,3-19,22,25-42H2,1-2H3,(H,47,50)/b21-20-,24-23-. The summed E-state index contributed by atoms with van der Waals surface area (Å²) in [6.45, 7) is 4.17. The first-order valence-corrected chi connectivity index (χ1v) is 22.6. The highest BCUT2D eigenvalue weighted by molar-refractivity contribution is 5.76.